The molecule has 7 nitrogen and oxygen atoms in total. The van der Waals surface area contributed by atoms with Crippen LogP contribution in [0.1, 0.15) is 20.3 Å². The second kappa shape index (κ2) is 8.51. The lowest BCUT2D eigenvalue weighted by Gasteiger charge is -2.21. The molecule has 1 heterocycles. The molecule has 0 spiro atoms. The van der Waals surface area contributed by atoms with Crippen LogP contribution in [-0.4, -0.2) is 39.3 Å². The van der Waals surface area contributed by atoms with E-state index in [9.17, 15) is 13.2 Å². The number of benzene rings is 2. The first-order chi connectivity index (χ1) is 13.6. The molecule has 0 bridgehead atoms. The molecule has 2 aromatic rings. The van der Waals surface area contributed by atoms with Crippen LogP contribution in [0.3, 0.4) is 0 Å². The van der Waals surface area contributed by atoms with Gasteiger partial charge in [-0.25, -0.2) is 8.42 Å². The summed E-state index contributed by atoms with van der Waals surface area (Å²) < 4.78 is 37.1. The Morgan fingerprint density at radius 2 is 1.93 bits per heavy atom. The van der Waals surface area contributed by atoms with Gasteiger partial charge in [-0.3, -0.25) is 9.10 Å². The van der Waals surface area contributed by atoms with Crippen molar-refractivity contribution in [2.24, 2.45) is 0 Å². The van der Waals surface area contributed by atoms with Gasteiger partial charge in [0.05, 0.1) is 18.0 Å². The van der Waals surface area contributed by atoms with Crippen molar-refractivity contribution in [3.63, 3.8) is 0 Å². The fraction of sp³-hybridized carbons (Fsp3) is 0.350. The number of hydrogen-bond acceptors (Lipinski definition) is 5. The highest BCUT2D eigenvalue weighted by Gasteiger charge is 2.31. The molecule has 0 radical (unpaired) electrons. The summed E-state index contributed by atoms with van der Waals surface area (Å²) in [5.41, 5.74) is 0.917. The van der Waals surface area contributed by atoms with Gasteiger partial charge in [0.25, 0.3) is 5.91 Å². The summed E-state index contributed by atoms with van der Waals surface area (Å²) in [7, 11) is -3.55. The van der Waals surface area contributed by atoms with Gasteiger partial charge in [0.2, 0.25) is 10.0 Å². The van der Waals surface area contributed by atoms with Crippen LogP contribution in [0.5, 0.6) is 11.5 Å². The first kappa shape index (κ1) is 21.3. The van der Waals surface area contributed by atoms with Gasteiger partial charge in [-0.05, 0) is 56.3 Å². The summed E-state index contributed by atoms with van der Waals surface area (Å²) in [5.74, 6) is 0.634. The molecule has 1 atom stereocenters. The Labute approximate surface area is 175 Å². The molecule has 156 valence electrons. The zero-order valence-electron chi connectivity index (χ0n) is 16.4. The van der Waals surface area contributed by atoms with E-state index in [1.807, 2.05) is 13.8 Å². The Hall–Kier alpha value is -2.45. The average molecular weight is 439 g/mol. The Bertz CT molecular complexity index is 992. The van der Waals surface area contributed by atoms with Crippen molar-refractivity contribution in [3.05, 3.63) is 47.5 Å². The Morgan fingerprint density at radius 3 is 2.55 bits per heavy atom. The fourth-order valence-electron chi connectivity index (χ4n) is 2.99. The predicted octanol–water partition coefficient (Wildman–Crippen LogP) is 3.68. The SMILES string of the molecule is CC(C)Oc1ccc(NC(=O)[C@H]2CCN(S(C)(=O)=O)c3cc(Cl)ccc3O2)cc1. The largest absolute Gasteiger partial charge is 0.491 e. The minimum absolute atomic E-state index is 0.0567. The van der Waals surface area contributed by atoms with Crippen LogP contribution < -0.4 is 19.1 Å². The predicted molar refractivity (Wildman–Crippen MR) is 114 cm³/mol. The molecule has 2 aromatic carbocycles. The summed E-state index contributed by atoms with van der Waals surface area (Å²) in [6.45, 7) is 3.97. The van der Waals surface area contributed by atoms with E-state index in [0.717, 1.165) is 6.26 Å². The second-order valence-electron chi connectivity index (χ2n) is 7.02. The number of nitrogens with one attached hydrogen (secondary N) is 1. The number of hydrogen-bond donors (Lipinski definition) is 1. The number of anilines is 2. The maximum Gasteiger partial charge on any atom is 0.265 e. The number of halogens is 1. The molecule has 9 heteroatoms. The van der Waals surface area contributed by atoms with Gasteiger partial charge >= 0.3 is 0 Å². The molecule has 1 aliphatic rings. The maximum absolute atomic E-state index is 12.8. The van der Waals surface area contributed by atoms with Crippen molar-refractivity contribution in [3.8, 4) is 11.5 Å². The highest BCUT2D eigenvalue weighted by Crippen LogP contribution is 2.36. The molecule has 1 aliphatic heterocycles. The van der Waals surface area contributed by atoms with Crippen LogP contribution in [0.2, 0.25) is 5.02 Å². The number of ether oxygens (including phenoxy) is 2. The Balaban J connectivity index is 1.78. The number of rotatable bonds is 5. The molecule has 29 heavy (non-hydrogen) atoms. The molecule has 3 rings (SSSR count). The number of carbonyl (C=O) groups excluding carboxylic acids is 1. The highest BCUT2D eigenvalue weighted by atomic mass is 35.5. The molecule has 0 aliphatic carbocycles. The number of carbonyl (C=O) groups is 1. The maximum atomic E-state index is 12.8. The average Bonchev–Trinajstić information content (AvgIpc) is 2.82. The van der Waals surface area contributed by atoms with Gasteiger partial charge in [-0.2, -0.15) is 0 Å². The quantitative estimate of drug-likeness (QED) is 0.769. The summed E-state index contributed by atoms with van der Waals surface area (Å²) in [5, 5.41) is 3.18. The van der Waals surface area contributed by atoms with Gasteiger partial charge in [0, 0.05) is 23.7 Å². The number of nitrogens with zero attached hydrogens (tertiary/aromatic N) is 1. The lowest BCUT2D eigenvalue weighted by molar-refractivity contribution is -0.122. The standard InChI is InChI=1S/C20H23ClN2O5S/c1-13(2)27-16-7-5-15(6-8-16)22-20(24)19-10-11-23(29(3,25)26)17-12-14(21)4-9-18(17)28-19/h4-9,12-13,19H,10-11H2,1-3H3,(H,22,24)/t19-/m1/s1. The van der Waals surface area contributed by atoms with Gasteiger partial charge in [-0.1, -0.05) is 11.6 Å². The topological polar surface area (TPSA) is 84.9 Å². The summed E-state index contributed by atoms with van der Waals surface area (Å²) in [4.78, 5) is 12.8. The molecular weight excluding hydrogens is 416 g/mol. The van der Waals surface area contributed by atoms with Gasteiger partial charge in [-0.15, -0.1) is 0 Å². The Kier molecular flexibility index (Phi) is 6.24. The number of fused-ring (bicyclic) bond motifs is 1. The molecule has 0 saturated heterocycles. The van der Waals surface area contributed by atoms with E-state index in [4.69, 9.17) is 21.1 Å². The van der Waals surface area contributed by atoms with Crippen LogP contribution in [0.4, 0.5) is 11.4 Å². The lowest BCUT2D eigenvalue weighted by atomic mass is 10.2. The summed E-state index contributed by atoms with van der Waals surface area (Å²) in [6.07, 6.45) is 0.507. The minimum atomic E-state index is -3.55. The first-order valence-corrected chi connectivity index (χ1v) is 11.4. The Morgan fingerprint density at radius 1 is 1.24 bits per heavy atom. The third kappa shape index (κ3) is 5.33. The van der Waals surface area contributed by atoms with Crippen LogP contribution in [-0.2, 0) is 14.8 Å². The van der Waals surface area contributed by atoms with Crippen LogP contribution in [0.25, 0.3) is 0 Å². The first-order valence-electron chi connectivity index (χ1n) is 9.15. The van der Waals surface area contributed by atoms with E-state index in [1.54, 1.807) is 36.4 Å². The van der Waals surface area contributed by atoms with Crippen LogP contribution >= 0.6 is 11.6 Å². The van der Waals surface area contributed by atoms with Crippen molar-refractivity contribution >= 4 is 38.9 Å². The van der Waals surface area contributed by atoms with Crippen molar-refractivity contribution in [1.82, 2.24) is 0 Å². The zero-order valence-corrected chi connectivity index (χ0v) is 18.0. The van der Waals surface area contributed by atoms with Crippen LogP contribution in [0, 0.1) is 0 Å². The minimum Gasteiger partial charge on any atom is -0.491 e. The molecule has 1 amide bonds. The van der Waals surface area contributed by atoms with Crippen molar-refractivity contribution in [1.29, 1.82) is 0 Å². The van der Waals surface area contributed by atoms with E-state index < -0.39 is 16.1 Å². The molecule has 0 fully saturated rings. The number of amides is 1. The molecular formula is C20H23ClN2O5S. The van der Waals surface area contributed by atoms with Gasteiger partial charge < -0.3 is 14.8 Å². The third-order valence-corrected chi connectivity index (χ3v) is 5.65. The fourth-order valence-corrected chi connectivity index (χ4v) is 4.10. The second-order valence-corrected chi connectivity index (χ2v) is 9.37. The van der Waals surface area contributed by atoms with Crippen molar-refractivity contribution in [2.75, 3.05) is 22.4 Å². The zero-order chi connectivity index (χ0) is 21.2. The van der Waals surface area contributed by atoms with Crippen molar-refractivity contribution < 1.29 is 22.7 Å². The highest BCUT2D eigenvalue weighted by molar-refractivity contribution is 7.92. The van der Waals surface area contributed by atoms with E-state index in [0.29, 0.717) is 22.1 Å². The van der Waals surface area contributed by atoms with Crippen molar-refractivity contribution in [2.45, 2.75) is 32.5 Å². The lowest BCUT2D eigenvalue weighted by Crippen LogP contribution is -2.35. The molecule has 1 N–H and O–H groups in total. The summed E-state index contributed by atoms with van der Waals surface area (Å²) in [6, 6.07) is 11.7. The van der Waals surface area contributed by atoms with E-state index >= 15 is 0 Å². The summed E-state index contributed by atoms with van der Waals surface area (Å²) >= 11 is 6.03. The number of sulfonamides is 1. The van der Waals surface area contributed by atoms with Gasteiger partial charge in [0.15, 0.2) is 6.10 Å². The molecule has 0 saturated carbocycles. The van der Waals surface area contributed by atoms with Gasteiger partial charge in [0.1, 0.15) is 11.5 Å². The van der Waals surface area contributed by atoms with Crippen LogP contribution in [0.15, 0.2) is 42.5 Å². The molecule has 0 unspecified atom stereocenters. The monoisotopic (exact) mass is 438 g/mol. The molecule has 0 aromatic heterocycles. The van der Waals surface area contributed by atoms with E-state index in [2.05, 4.69) is 5.32 Å². The normalized spacial score (nSPS) is 16.6. The smallest absolute Gasteiger partial charge is 0.265 e. The third-order valence-electron chi connectivity index (χ3n) is 4.24. The van der Waals surface area contributed by atoms with E-state index in [-0.39, 0.29) is 30.7 Å². The van der Waals surface area contributed by atoms with E-state index in [1.165, 1.54) is 10.4 Å².